The number of Topliss-reactive ketones (excluding diaryl/α,β-unsaturated/α-hetero) is 2. The van der Waals surface area contributed by atoms with Crippen LogP contribution < -0.4 is 5.73 Å². The van der Waals surface area contributed by atoms with E-state index in [2.05, 4.69) is 0 Å². The van der Waals surface area contributed by atoms with Crippen molar-refractivity contribution in [3.05, 3.63) is 51.8 Å². The molecule has 1 aromatic rings. The van der Waals surface area contributed by atoms with Crippen molar-refractivity contribution >= 4 is 34.7 Å². The lowest BCUT2D eigenvalue weighted by Gasteiger charge is -2.50. The molecule has 4 atom stereocenters. The van der Waals surface area contributed by atoms with Crippen LogP contribution >= 0.6 is 0 Å². The van der Waals surface area contributed by atoms with E-state index in [1.165, 1.54) is 18.1 Å². The number of primary amides is 1. The molecule has 1 aliphatic heterocycles. The van der Waals surface area contributed by atoms with Crippen molar-refractivity contribution in [2.45, 2.75) is 30.9 Å². The summed E-state index contributed by atoms with van der Waals surface area (Å²) in [6.45, 7) is 0.788. The Morgan fingerprint density at radius 3 is 2.49 bits per heavy atom. The number of ketones is 2. The van der Waals surface area contributed by atoms with E-state index in [0.29, 0.717) is 25.1 Å². The highest BCUT2D eigenvalue weighted by atomic mass is 16.5. The first kappa shape index (κ1) is 28.5. The lowest BCUT2D eigenvalue weighted by atomic mass is 9.57. The number of aliphatic hydroxyl groups is 3. The molecular weight excluding hydrogens is 534 g/mol. The van der Waals surface area contributed by atoms with Crippen LogP contribution in [0.25, 0.3) is 11.3 Å². The first-order valence-corrected chi connectivity index (χ1v) is 13.3. The molecule has 0 bridgehead atoms. The zero-order valence-electron chi connectivity index (χ0n) is 23.0. The monoisotopic (exact) mass is 567 g/mol. The maximum absolute atomic E-state index is 14.0. The van der Waals surface area contributed by atoms with E-state index < -0.39 is 58.0 Å². The number of carbonyl (C=O) groups excluding carboxylic acids is 4. The molecule has 1 fully saturated rings. The van der Waals surface area contributed by atoms with Crippen molar-refractivity contribution in [3.63, 3.8) is 0 Å². The highest BCUT2D eigenvalue weighted by molar-refractivity contribution is 6.24. The fraction of sp³-hybridized carbons (Fsp3) is 0.448. The molecule has 218 valence electrons. The summed E-state index contributed by atoms with van der Waals surface area (Å²) >= 11 is 0. The second kappa shape index (κ2) is 10.1. The maximum atomic E-state index is 14.0. The van der Waals surface area contributed by atoms with Crippen LogP contribution in [0.15, 0.2) is 35.1 Å². The lowest BCUT2D eigenvalue weighted by molar-refractivity contribution is -0.153. The minimum atomic E-state index is -2.68. The highest BCUT2D eigenvalue weighted by Gasteiger charge is 2.64. The van der Waals surface area contributed by atoms with E-state index in [4.69, 9.17) is 10.5 Å². The van der Waals surface area contributed by atoms with Gasteiger partial charge >= 0.3 is 0 Å². The molecule has 1 aromatic carbocycles. The van der Waals surface area contributed by atoms with E-state index in [0.717, 1.165) is 11.1 Å². The third-order valence-electron chi connectivity index (χ3n) is 8.78. The number of fused-ring (bicyclic) bond motifs is 3. The van der Waals surface area contributed by atoms with Crippen molar-refractivity contribution in [3.8, 4) is 5.75 Å². The summed E-state index contributed by atoms with van der Waals surface area (Å²) < 4.78 is 4.94. The number of nitrogens with zero attached hydrogens (tertiary/aromatic N) is 2. The Morgan fingerprint density at radius 1 is 1.20 bits per heavy atom. The number of aromatic hydroxyl groups is 1. The minimum absolute atomic E-state index is 0.0131. The molecule has 6 N–H and O–H groups in total. The summed E-state index contributed by atoms with van der Waals surface area (Å²) in [5.74, 6) is -6.99. The molecule has 2 amide bonds. The molecule has 1 saturated carbocycles. The molecule has 0 saturated heterocycles. The van der Waals surface area contributed by atoms with Gasteiger partial charge in [0.25, 0.3) is 5.91 Å². The third kappa shape index (κ3) is 4.16. The van der Waals surface area contributed by atoms with Crippen LogP contribution in [0.1, 0.15) is 29.5 Å². The maximum Gasteiger partial charge on any atom is 0.255 e. The topological polar surface area (TPSA) is 191 Å². The number of rotatable bonds is 5. The standard InChI is InChI=1S/C29H33N3O9/c1-31(2)23-17-11-14-10-16-15(13-6-8-32(9-7-13)19(34)12-41-3)4-5-18(33)21(16)24(35)20(14)26(37)29(17,40)27(38)22(25(23)36)28(30)39/h4-6,14,17,23,33,35,38,40H,7-12H2,1-3H3,(H2,30,39)/t14-,17-,23-,29-/m0/s1. The molecule has 1 heterocycles. The zero-order valence-corrected chi connectivity index (χ0v) is 23.0. The van der Waals surface area contributed by atoms with Crippen LogP contribution in [-0.2, 0) is 30.3 Å². The van der Waals surface area contributed by atoms with E-state index in [-0.39, 0.29) is 42.2 Å². The smallest absolute Gasteiger partial charge is 0.255 e. The van der Waals surface area contributed by atoms with E-state index in [9.17, 15) is 39.6 Å². The van der Waals surface area contributed by atoms with Gasteiger partial charge in [0, 0.05) is 31.7 Å². The predicted molar refractivity (Wildman–Crippen MR) is 145 cm³/mol. The van der Waals surface area contributed by atoms with Crippen molar-refractivity contribution in [1.29, 1.82) is 0 Å². The number of nitrogens with two attached hydrogens (primary N) is 1. The van der Waals surface area contributed by atoms with Gasteiger partial charge in [-0.05, 0) is 62.0 Å². The normalized spacial score (nSPS) is 27.9. The Balaban J connectivity index is 1.62. The fourth-order valence-electron chi connectivity index (χ4n) is 6.90. The van der Waals surface area contributed by atoms with E-state index in [1.807, 2.05) is 6.08 Å². The van der Waals surface area contributed by atoms with Gasteiger partial charge in [0.2, 0.25) is 11.7 Å². The molecule has 12 heteroatoms. The SMILES string of the molecule is COCC(=O)N1CC=C(c2ccc(O)c3c2C[C@H]2C[C@H]4[C@H](N(C)C)C(=O)C(C(N)=O)=C(O)[C@@]4(O)C(=O)C2=C3O)CC1. The largest absolute Gasteiger partial charge is 0.508 e. The summed E-state index contributed by atoms with van der Waals surface area (Å²) in [6.07, 6.45) is 2.63. The Morgan fingerprint density at radius 2 is 1.90 bits per heavy atom. The molecule has 0 unspecified atom stereocenters. The van der Waals surface area contributed by atoms with Gasteiger partial charge in [0.15, 0.2) is 11.4 Å². The number of phenols is 1. The van der Waals surface area contributed by atoms with Crippen LogP contribution in [0.3, 0.4) is 0 Å². The van der Waals surface area contributed by atoms with Gasteiger partial charge in [-0.2, -0.15) is 0 Å². The summed E-state index contributed by atoms with van der Waals surface area (Å²) in [7, 11) is 4.56. The number of hydrogen-bond donors (Lipinski definition) is 5. The van der Waals surface area contributed by atoms with Crippen LogP contribution in [0.4, 0.5) is 0 Å². The average Bonchev–Trinajstić information content (AvgIpc) is 2.91. The lowest BCUT2D eigenvalue weighted by Crippen LogP contribution is -2.65. The first-order chi connectivity index (χ1) is 19.3. The molecule has 0 spiro atoms. The van der Waals surface area contributed by atoms with Gasteiger partial charge in [-0.1, -0.05) is 12.1 Å². The van der Waals surface area contributed by atoms with E-state index in [1.54, 1.807) is 25.1 Å². The number of hydrogen-bond acceptors (Lipinski definition) is 10. The summed E-state index contributed by atoms with van der Waals surface area (Å²) in [4.78, 5) is 54.7. The number of benzene rings is 1. The summed E-state index contributed by atoms with van der Waals surface area (Å²) in [6, 6.07) is 1.99. The number of carbonyl (C=O) groups is 4. The number of amides is 2. The van der Waals surface area contributed by atoms with Gasteiger partial charge in [-0.25, -0.2) is 0 Å². The Labute approximate surface area is 236 Å². The quantitative estimate of drug-likeness (QED) is 0.308. The Kier molecular flexibility index (Phi) is 7.04. The Bertz CT molecular complexity index is 1470. The van der Waals surface area contributed by atoms with E-state index >= 15 is 0 Å². The molecule has 0 aromatic heterocycles. The second-order valence-corrected chi connectivity index (χ2v) is 11.2. The fourth-order valence-corrected chi connectivity index (χ4v) is 6.90. The van der Waals surface area contributed by atoms with Crippen molar-refractivity contribution in [1.82, 2.24) is 9.80 Å². The van der Waals surface area contributed by atoms with Crippen LogP contribution in [0, 0.1) is 11.8 Å². The van der Waals surface area contributed by atoms with Gasteiger partial charge in [0.1, 0.15) is 29.4 Å². The predicted octanol–water partition coefficient (Wildman–Crippen LogP) is 0.226. The number of aliphatic hydroxyl groups excluding tert-OH is 2. The van der Waals surface area contributed by atoms with Gasteiger partial charge < -0.3 is 35.8 Å². The first-order valence-electron chi connectivity index (χ1n) is 13.3. The number of likely N-dealkylation sites (N-methyl/N-ethyl adjacent to an activating group) is 1. The zero-order chi connectivity index (χ0) is 30.0. The summed E-state index contributed by atoms with van der Waals surface area (Å²) in [5.41, 5.74) is 3.93. The number of ether oxygens (including phenoxy) is 1. The van der Waals surface area contributed by atoms with Crippen molar-refractivity contribution in [2.75, 3.05) is 40.9 Å². The van der Waals surface area contributed by atoms with Crippen molar-refractivity contribution in [2.24, 2.45) is 17.6 Å². The van der Waals surface area contributed by atoms with Gasteiger partial charge in [-0.15, -0.1) is 0 Å². The number of methoxy groups -OCH3 is 1. The summed E-state index contributed by atoms with van der Waals surface area (Å²) in [5, 5.41) is 44.9. The Hall–Kier alpha value is -4.00. The van der Waals surface area contributed by atoms with Crippen LogP contribution in [-0.4, -0.2) is 106 Å². The average molecular weight is 568 g/mol. The molecule has 5 rings (SSSR count). The minimum Gasteiger partial charge on any atom is -0.508 e. The molecule has 0 radical (unpaired) electrons. The van der Waals surface area contributed by atoms with Gasteiger partial charge in [0.05, 0.1) is 11.6 Å². The second-order valence-electron chi connectivity index (χ2n) is 11.2. The molecule has 41 heavy (non-hydrogen) atoms. The number of phenolic OH excluding ortho intramolecular Hbond substituents is 1. The molecule has 12 nitrogen and oxygen atoms in total. The highest BCUT2D eigenvalue weighted by Crippen LogP contribution is 2.53. The van der Waals surface area contributed by atoms with Gasteiger partial charge in [-0.3, -0.25) is 24.1 Å². The molecular formula is C29H33N3O9. The van der Waals surface area contributed by atoms with Crippen molar-refractivity contribution < 1.29 is 44.3 Å². The molecule has 4 aliphatic rings. The van der Waals surface area contributed by atoms with Crippen LogP contribution in [0.2, 0.25) is 0 Å². The molecule has 3 aliphatic carbocycles. The third-order valence-corrected chi connectivity index (χ3v) is 8.78. The van der Waals surface area contributed by atoms with Crippen LogP contribution in [0.5, 0.6) is 5.75 Å².